The van der Waals surface area contributed by atoms with E-state index in [9.17, 15) is 0 Å². The fourth-order valence-corrected chi connectivity index (χ4v) is 0.825. The predicted molar refractivity (Wildman–Crippen MR) is 57.2 cm³/mol. The standard InChI is InChI=1S/C7H9N5OS/c8-7(14)11-10-4-6-5(12-13)2-1-3-9-6/h1-4,12-13H,(H3,8,11,14)/b10-4+. The summed E-state index contributed by atoms with van der Waals surface area (Å²) in [5, 5.41) is 12.5. The Morgan fingerprint density at radius 3 is 3.14 bits per heavy atom. The van der Waals surface area contributed by atoms with Crippen LogP contribution >= 0.6 is 12.2 Å². The van der Waals surface area contributed by atoms with Gasteiger partial charge in [-0.2, -0.15) is 5.10 Å². The van der Waals surface area contributed by atoms with E-state index in [-0.39, 0.29) is 5.11 Å². The molecule has 1 rings (SSSR count). The van der Waals surface area contributed by atoms with Crippen molar-refractivity contribution >= 4 is 29.2 Å². The van der Waals surface area contributed by atoms with Crippen LogP contribution in [0.3, 0.4) is 0 Å². The highest BCUT2D eigenvalue weighted by molar-refractivity contribution is 7.80. The summed E-state index contributed by atoms with van der Waals surface area (Å²) < 4.78 is 0. The van der Waals surface area contributed by atoms with E-state index in [2.05, 4.69) is 27.7 Å². The number of nitrogens with zero attached hydrogens (tertiary/aromatic N) is 2. The Labute approximate surface area is 85.8 Å². The first kappa shape index (κ1) is 10.4. The van der Waals surface area contributed by atoms with Gasteiger partial charge >= 0.3 is 0 Å². The molecule has 1 aromatic heterocycles. The quantitative estimate of drug-likeness (QED) is 0.320. The third kappa shape index (κ3) is 2.96. The normalized spacial score (nSPS) is 10.1. The van der Waals surface area contributed by atoms with Crippen molar-refractivity contribution in [2.75, 3.05) is 5.48 Å². The molecule has 0 amide bonds. The van der Waals surface area contributed by atoms with Gasteiger partial charge in [0.1, 0.15) is 5.69 Å². The van der Waals surface area contributed by atoms with Crippen LogP contribution in [-0.2, 0) is 0 Å². The fraction of sp³-hybridized carbons (Fsp3) is 0. The summed E-state index contributed by atoms with van der Waals surface area (Å²) in [5.74, 6) is 0. The molecule has 1 aromatic rings. The van der Waals surface area contributed by atoms with Crippen molar-refractivity contribution in [3.8, 4) is 0 Å². The molecule has 0 unspecified atom stereocenters. The van der Waals surface area contributed by atoms with E-state index in [0.717, 1.165) is 0 Å². The minimum absolute atomic E-state index is 0.0655. The Balaban J connectivity index is 2.75. The largest absolute Gasteiger partial charge is 0.375 e. The van der Waals surface area contributed by atoms with Gasteiger partial charge < -0.3 is 5.73 Å². The topological polar surface area (TPSA) is 95.6 Å². The summed E-state index contributed by atoms with van der Waals surface area (Å²) in [4.78, 5) is 3.95. The second-order valence-corrected chi connectivity index (χ2v) is 2.72. The lowest BCUT2D eigenvalue weighted by Gasteiger charge is -2.01. The predicted octanol–water partition coefficient (Wildman–Crippen LogP) is 0.0498. The van der Waals surface area contributed by atoms with Crippen molar-refractivity contribution in [2.24, 2.45) is 10.8 Å². The maximum absolute atomic E-state index is 8.70. The van der Waals surface area contributed by atoms with E-state index >= 15 is 0 Å². The summed E-state index contributed by atoms with van der Waals surface area (Å²) in [6.07, 6.45) is 2.96. The number of anilines is 1. The maximum atomic E-state index is 8.70. The first-order valence-corrected chi connectivity index (χ1v) is 4.08. The minimum atomic E-state index is 0.0655. The number of hydrogen-bond acceptors (Lipinski definition) is 5. The van der Waals surface area contributed by atoms with Crippen molar-refractivity contribution in [3.63, 3.8) is 0 Å². The van der Waals surface area contributed by atoms with E-state index in [0.29, 0.717) is 11.4 Å². The Morgan fingerprint density at radius 2 is 2.50 bits per heavy atom. The molecular formula is C7H9N5OS. The zero-order valence-corrected chi connectivity index (χ0v) is 7.95. The summed E-state index contributed by atoms with van der Waals surface area (Å²) in [7, 11) is 0. The smallest absolute Gasteiger partial charge is 0.184 e. The van der Waals surface area contributed by atoms with Crippen LogP contribution in [0.1, 0.15) is 5.69 Å². The molecule has 5 N–H and O–H groups in total. The molecule has 0 radical (unpaired) electrons. The van der Waals surface area contributed by atoms with Gasteiger partial charge in [0.25, 0.3) is 0 Å². The lowest BCUT2D eigenvalue weighted by Crippen LogP contribution is -2.24. The number of rotatable bonds is 3. The van der Waals surface area contributed by atoms with Crippen LogP contribution in [0.25, 0.3) is 0 Å². The molecule has 0 aliphatic carbocycles. The lowest BCUT2D eigenvalue weighted by atomic mass is 10.3. The van der Waals surface area contributed by atoms with Crippen molar-refractivity contribution < 1.29 is 5.21 Å². The van der Waals surface area contributed by atoms with Gasteiger partial charge in [-0.25, -0.2) is 0 Å². The van der Waals surface area contributed by atoms with Gasteiger partial charge in [0.15, 0.2) is 5.11 Å². The van der Waals surface area contributed by atoms with Crippen LogP contribution in [0.4, 0.5) is 5.69 Å². The van der Waals surface area contributed by atoms with E-state index in [1.807, 2.05) is 5.48 Å². The summed E-state index contributed by atoms with van der Waals surface area (Å²) >= 11 is 4.54. The molecule has 0 bridgehead atoms. The van der Waals surface area contributed by atoms with Gasteiger partial charge in [-0.15, -0.1) is 0 Å². The highest BCUT2D eigenvalue weighted by atomic mass is 32.1. The molecule has 0 aliphatic rings. The molecule has 0 spiro atoms. The Bertz CT molecular complexity index is 354. The maximum Gasteiger partial charge on any atom is 0.184 e. The second kappa shape index (κ2) is 5.10. The zero-order chi connectivity index (χ0) is 10.4. The molecule has 0 fully saturated rings. The summed E-state index contributed by atoms with van der Waals surface area (Å²) in [5.41, 5.74) is 10.4. The summed E-state index contributed by atoms with van der Waals surface area (Å²) in [6.45, 7) is 0. The van der Waals surface area contributed by atoms with E-state index in [4.69, 9.17) is 10.9 Å². The lowest BCUT2D eigenvalue weighted by molar-refractivity contribution is 0.388. The van der Waals surface area contributed by atoms with Gasteiger partial charge in [0.2, 0.25) is 0 Å². The van der Waals surface area contributed by atoms with Crippen LogP contribution < -0.4 is 16.6 Å². The average molecular weight is 211 g/mol. The van der Waals surface area contributed by atoms with Gasteiger partial charge in [-0.3, -0.25) is 21.1 Å². The van der Waals surface area contributed by atoms with Crippen LogP contribution in [0, 0.1) is 0 Å². The molecule has 0 aromatic carbocycles. The fourth-order valence-electron chi connectivity index (χ4n) is 0.772. The number of nitrogens with one attached hydrogen (secondary N) is 2. The first-order valence-electron chi connectivity index (χ1n) is 3.67. The van der Waals surface area contributed by atoms with Crippen LogP contribution in [-0.4, -0.2) is 21.5 Å². The number of hydrogen-bond donors (Lipinski definition) is 4. The molecule has 0 saturated heterocycles. The van der Waals surface area contributed by atoms with Crippen molar-refractivity contribution in [2.45, 2.75) is 0 Å². The molecule has 6 nitrogen and oxygen atoms in total. The van der Waals surface area contributed by atoms with Crippen molar-refractivity contribution in [3.05, 3.63) is 24.0 Å². The number of aromatic nitrogens is 1. The molecule has 0 aliphatic heterocycles. The van der Waals surface area contributed by atoms with Crippen molar-refractivity contribution in [1.82, 2.24) is 10.4 Å². The summed E-state index contributed by atoms with van der Waals surface area (Å²) in [6, 6.07) is 3.33. The van der Waals surface area contributed by atoms with E-state index < -0.39 is 0 Å². The van der Waals surface area contributed by atoms with Crippen LogP contribution in [0.2, 0.25) is 0 Å². The molecule has 1 heterocycles. The third-order valence-electron chi connectivity index (χ3n) is 1.32. The average Bonchev–Trinajstić information content (AvgIpc) is 2.18. The Morgan fingerprint density at radius 1 is 1.71 bits per heavy atom. The van der Waals surface area contributed by atoms with E-state index in [1.165, 1.54) is 6.21 Å². The SMILES string of the molecule is NC(=S)N/N=C/c1ncccc1NO. The van der Waals surface area contributed by atoms with Gasteiger partial charge in [-0.05, 0) is 24.4 Å². The zero-order valence-electron chi connectivity index (χ0n) is 7.14. The minimum Gasteiger partial charge on any atom is -0.375 e. The van der Waals surface area contributed by atoms with E-state index in [1.54, 1.807) is 18.3 Å². The van der Waals surface area contributed by atoms with Crippen LogP contribution in [0.15, 0.2) is 23.4 Å². The Hall–Kier alpha value is -1.73. The monoisotopic (exact) mass is 211 g/mol. The molecule has 74 valence electrons. The van der Waals surface area contributed by atoms with Gasteiger partial charge in [-0.1, -0.05) is 0 Å². The van der Waals surface area contributed by atoms with Gasteiger partial charge in [0, 0.05) is 6.20 Å². The highest BCUT2D eigenvalue weighted by Gasteiger charge is 1.97. The molecule has 14 heavy (non-hydrogen) atoms. The second-order valence-electron chi connectivity index (χ2n) is 2.28. The van der Waals surface area contributed by atoms with Crippen molar-refractivity contribution in [1.29, 1.82) is 0 Å². The Kier molecular flexibility index (Phi) is 3.77. The number of pyridine rings is 1. The third-order valence-corrected chi connectivity index (χ3v) is 1.41. The van der Waals surface area contributed by atoms with Gasteiger partial charge in [0.05, 0.1) is 11.9 Å². The number of thiocarbonyl (C=S) groups is 1. The first-order chi connectivity index (χ1) is 6.74. The number of nitrogens with two attached hydrogens (primary N) is 1. The molecule has 0 atom stereocenters. The van der Waals surface area contributed by atoms with Crippen LogP contribution in [0.5, 0.6) is 0 Å². The highest BCUT2D eigenvalue weighted by Crippen LogP contribution is 2.07. The molecule has 0 saturated carbocycles. The molecular weight excluding hydrogens is 202 g/mol. The molecule has 7 heteroatoms. The number of hydrazone groups is 1.